The fourth-order valence-corrected chi connectivity index (χ4v) is 8.55. The SMILES string of the molecule is Cc1ccc(S(=O)(=O)N2CCCNCCCN(S(=O)(=O)c3ccc(C)cc3)CCCN(S(C)(=O)=O)CCC2)cc1. The Kier molecular flexibility index (Phi) is 11.7. The lowest BCUT2D eigenvalue weighted by atomic mass is 10.2. The number of benzene rings is 2. The summed E-state index contributed by atoms with van der Waals surface area (Å²) in [5.74, 6) is 0. The van der Waals surface area contributed by atoms with Crippen LogP contribution < -0.4 is 5.32 Å². The molecule has 40 heavy (non-hydrogen) atoms. The molecular formula is C27H42N4O6S3. The van der Waals surface area contributed by atoms with Gasteiger partial charge in [0.15, 0.2) is 0 Å². The first-order valence-electron chi connectivity index (χ1n) is 13.6. The summed E-state index contributed by atoms with van der Waals surface area (Å²) in [6.07, 6.45) is 2.88. The fourth-order valence-electron chi connectivity index (χ4n) is 4.60. The van der Waals surface area contributed by atoms with Crippen molar-refractivity contribution in [1.29, 1.82) is 0 Å². The fraction of sp³-hybridized carbons (Fsp3) is 0.556. The number of sulfonamides is 3. The average molecular weight is 615 g/mol. The highest BCUT2D eigenvalue weighted by Crippen LogP contribution is 2.19. The molecule has 0 aromatic heterocycles. The van der Waals surface area contributed by atoms with E-state index in [0.717, 1.165) is 17.4 Å². The smallest absolute Gasteiger partial charge is 0.243 e. The standard InChI is InChI=1S/C27H42N4O6S3/c1-24-8-12-26(13-9-24)39(34,35)30-18-4-16-28-17-5-19-31(40(36,37)27-14-10-25(2)11-15-27)23-7-21-29(20-6-22-30)38(3,32)33/h8-15,28H,4-7,16-23H2,1-3H3. The molecular weight excluding hydrogens is 573 g/mol. The molecule has 3 rings (SSSR count). The van der Waals surface area contributed by atoms with Gasteiger partial charge >= 0.3 is 0 Å². The van der Waals surface area contributed by atoms with E-state index in [-0.39, 0.29) is 49.1 Å². The van der Waals surface area contributed by atoms with Crippen molar-refractivity contribution in [1.82, 2.24) is 18.2 Å². The van der Waals surface area contributed by atoms with E-state index >= 15 is 0 Å². The van der Waals surface area contributed by atoms with Gasteiger partial charge in [-0.3, -0.25) is 0 Å². The molecule has 1 aliphatic heterocycles. The summed E-state index contributed by atoms with van der Waals surface area (Å²) in [6, 6.07) is 13.4. The lowest BCUT2D eigenvalue weighted by Gasteiger charge is -2.27. The van der Waals surface area contributed by atoms with Crippen LogP contribution in [0.4, 0.5) is 0 Å². The van der Waals surface area contributed by atoms with Gasteiger partial charge in [-0.25, -0.2) is 29.6 Å². The van der Waals surface area contributed by atoms with Crippen molar-refractivity contribution in [3.05, 3.63) is 59.7 Å². The summed E-state index contributed by atoms with van der Waals surface area (Å²) in [5.41, 5.74) is 1.93. The molecule has 0 radical (unpaired) electrons. The molecule has 13 heteroatoms. The van der Waals surface area contributed by atoms with Crippen LogP contribution in [0.5, 0.6) is 0 Å². The van der Waals surface area contributed by atoms with Crippen LogP contribution in [0.2, 0.25) is 0 Å². The van der Waals surface area contributed by atoms with Crippen molar-refractivity contribution < 1.29 is 25.3 Å². The molecule has 0 atom stereocenters. The van der Waals surface area contributed by atoms with E-state index in [4.69, 9.17) is 0 Å². The Morgan fingerprint density at radius 1 is 0.525 bits per heavy atom. The molecule has 0 aliphatic carbocycles. The van der Waals surface area contributed by atoms with Crippen LogP contribution in [-0.4, -0.2) is 96.8 Å². The third-order valence-corrected chi connectivity index (χ3v) is 12.1. The van der Waals surface area contributed by atoms with Gasteiger partial charge in [-0.2, -0.15) is 8.61 Å². The molecule has 0 amide bonds. The van der Waals surface area contributed by atoms with E-state index in [0.29, 0.717) is 38.8 Å². The maximum Gasteiger partial charge on any atom is 0.243 e. The molecule has 0 saturated carbocycles. The van der Waals surface area contributed by atoms with Gasteiger partial charge < -0.3 is 5.32 Å². The summed E-state index contributed by atoms with van der Waals surface area (Å²) in [5, 5.41) is 3.30. The molecule has 1 N–H and O–H groups in total. The van der Waals surface area contributed by atoms with Crippen LogP contribution in [0.3, 0.4) is 0 Å². The maximum absolute atomic E-state index is 13.4. The Bertz CT molecular complexity index is 1320. The normalized spacial score (nSPS) is 19.4. The van der Waals surface area contributed by atoms with Crippen molar-refractivity contribution in [3.63, 3.8) is 0 Å². The lowest BCUT2D eigenvalue weighted by molar-refractivity contribution is 0.331. The Hall–Kier alpha value is -1.87. The first-order valence-corrected chi connectivity index (χ1v) is 18.3. The van der Waals surface area contributed by atoms with Crippen LogP contribution in [0.25, 0.3) is 0 Å². The van der Waals surface area contributed by atoms with Gasteiger partial charge in [0.25, 0.3) is 0 Å². The molecule has 2 aromatic rings. The average Bonchev–Trinajstić information content (AvgIpc) is 2.88. The van der Waals surface area contributed by atoms with Crippen LogP contribution in [-0.2, 0) is 30.1 Å². The molecule has 1 heterocycles. The van der Waals surface area contributed by atoms with Crippen molar-refractivity contribution in [2.75, 3.05) is 58.6 Å². The summed E-state index contributed by atoms with van der Waals surface area (Å²) < 4.78 is 82.8. The highest BCUT2D eigenvalue weighted by molar-refractivity contribution is 7.89. The highest BCUT2D eigenvalue weighted by atomic mass is 32.2. The van der Waals surface area contributed by atoms with Crippen LogP contribution in [0.15, 0.2) is 58.3 Å². The molecule has 224 valence electrons. The summed E-state index contributed by atoms with van der Waals surface area (Å²) >= 11 is 0. The molecule has 0 spiro atoms. The summed E-state index contributed by atoms with van der Waals surface area (Å²) in [6.45, 7) is 6.14. The molecule has 1 fully saturated rings. The molecule has 1 saturated heterocycles. The third kappa shape index (κ3) is 9.07. The molecule has 2 aromatic carbocycles. The van der Waals surface area contributed by atoms with E-state index in [1.54, 1.807) is 48.5 Å². The minimum atomic E-state index is -3.74. The van der Waals surface area contributed by atoms with E-state index in [1.807, 2.05) is 13.8 Å². The predicted octanol–water partition coefficient (Wildman–Crippen LogP) is 2.41. The molecule has 0 unspecified atom stereocenters. The highest BCUT2D eigenvalue weighted by Gasteiger charge is 2.27. The van der Waals surface area contributed by atoms with Crippen LogP contribution >= 0.6 is 0 Å². The molecule has 1 aliphatic rings. The first kappa shape index (κ1) is 32.6. The lowest BCUT2D eigenvalue weighted by Crippen LogP contribution is -2.40. The van der Waals surface area contributed by atoms with Crippen molar-refractivity contribution in [3.8, 4) is 0 Å². The van der Waals surface area contributed by atoms with Gasteiger partial charge in [-0.1, -0.05) is 35.4 Å². The summed E-state index contributed by atoms with van der Waals surface area (Å²) in [7, 11) is -11.1. The Labute approximate surface area is 240 Å². The number of aryl methyl sites for hydroxylation is 2. The van der Waals surface area contributed by atoms with Gasteiger partial charge in [0, 0.05) is 39.3 Å². The van der Waals surface area contributed by atoms with Gasteiger partial charge in [-0.15, -0.1) is 0 Å². The monoisotopic (exact) mass is 614 g/mol. The van der Waals surface area contributed by atoms with Crippen LogP contribution in [0.1, 0.15) is 36.8 Å². The van der Waals surface area contributed by atoms with Crippen LogP contribution in [0, 0.1) is 13.8 Å². The Balaban J connectivity index is 1.77. The van der Waals surface area contributed by atoms with Crippen molar-refractivity contribution >= 4 is 30.1 Å². The largest absolute Gasteiger partial charge is 0.317 e. The van der Waals surface area contributed by atoms with Gasteiger partial charge in [-0.05, 0) is 76.9 Å². The minimum absolute atomic E-state index is 0.141. The second-order valence-electron chi connectivity index (χ2n) is 10.3. The minimum Gasteiger partial charge on any atom is -0.317 e. The van der Waals surface area contributed by atoms with Gasteiger partial charge in [0.1, 0.15) is 0 Å². The quantitative estimate of drug-likeness (QED) is 0.549. The Morgan fingerprint density at radius 2 is 0.850 bits per heavy atom. The maximum atomic E-state index is 13.4. The first-order chi connectivity index (χ1) is 18.8. The third-order valence-electron chi connectivity index (χ3n) is 6.94. The zero-order chi connectivity index (χ0) is 29.4. The Morgan fingerprint density at radius 3 is 1.20 bits per heavy atom. The predicted molar refractivity (Wildman–Crippen MR) is 158 cm³/mol. The van der Waals surface area contributed by atoms with E-state index in [2.05, 4.69) is 5.32 Å². The molecule has 0 bridgehead atoms. The van der Waals surface area contributed by atoms with Crippen molar-refractivity contribution in [2.45, 2.75) is 49.3 Å². The van der Waals surface area contributed by atoms with Gasteiger partial charge in [0.2, 0.25) is 30.1 Å². The second kappa shape index (κ2) is 14.3. The number of nitrogens with zero attached hydrogens (tertiary/aromatic N) is 3. The second-order valence-corrected chi connectivity index (χ2v) is 16.1. The zero-order valence-corrected chi connectivity index (χ0v) is 26.1. The number of hydrogen-bond donors (Lipinski definition) is 1. The van der Waals surface area contributed by atoms with Gasteiger partial charge in [0.05, 0.1) is 16.0 Å². The number of rotatable bonds is 5. The molecule has 10 nitrogen and oxygen atoms in total. The van der Waals surface area contributed by atoms with Crippen molar-refractivity contribution in [2.24, 2.45) is 0 Å². The van der Waals surface area contributed by atoms with E-state index in [9.17, 15) is 25.3 Å². The van der Waals surface area contributed by atoms with E-state index in [1.165, 1.54) is 12.9 Å². The number of hydrogen-bond acceptors (Lipinski definition) is 7. The topological polar surface area (TPSA) is 124 Å². The summed E-state index contributed by atoms with van der Waals surface area (Å²) in [4.78, 5) is 0.436. The van der Waals surface area contributed by atoms with E-state index < -0.39 is 30.1 Å². The zero-order valence-electron chi connectivity index (χ0n) is 23.6. The number of nitrogens with one attached hydrogen (secondary N) is 1.